The highest BCUT2D eigenvalue weighted by molar-refractivity contribution is 5.78. The van der Waals surface area contributed by atoms with Gasteiger partial charge in [-0.15, -0.1) is 0 Å². The van der Waals surface area contributed by atoms with Crippen molar-refractivity contribution in [2.24, 2.45) is 0 Å². The van der Waals surface area contributed by atoms with Gasteiger partial charge in [-0.25, -0.2) is 0 Å². The van der Waals surface area contributed by atoms with Crippen LogP contribution in [0.1, 0.15) is 22.9 Å². The normalized spacial score (nSPS) is 16.8. The third-order valence-corrected chi connectivity index (χ3v) is 4.74. The Bertz CT molecular complexity index is 962. The molecule has 3 heterocycles. The quantitative estimate of drug-likeness (QED) is 0.681. The molecule has 1 atom stereocenters. The van der Waals surface area contributed by atoms with Crippen LogP contribution in [0, 0.1) is 6.92 Å². The largest absolute Gasteiger partial charge is 0.455 e. The Kier molecular flexibility index (Phi) is 5.30. The first-order valence-electron chi connectivity index (χ1n) is 9.17. The molecular weight excluding hydrogens is 354 g/mol. The number of aryl methyl sites for hydroxylation is 1. The van der Waals surface area contributed by atoms with Gasteiger partial charge in [-0.2, -0.15) is 0 Å². The summed E-state index contributed by atoms with van der Waals surface area (Å²) in [7, 11) is 0. The second-order valence-electron chi connectivity index (χ2n) is 6.64. The van der Waals surface area contributed by atoms with E-state index in [9.17, 15) is 4.79 Å². The predicted octanol–water partition coefficient (Wildman–Crippen LogP) is 3.68. The molecule has 4 rings (SSSR count). The number of rotatable bonds is 5. The lowest BCUT2D eigenvalue weighted by Gasteiger charge is -2.36. The molecule has 1 aliphatic rings. The van der Waals surface area contributed by atoms with Gasteiger partial charge in [0.1, 0.15) is 18.1 Å². The third kappa shape index (κ3) is 3.87. The van der Waals surface area contributed by atoms with Crippen molar-refractivity contribution in [3.63, 3.8) is 0 Å². The van der Waals surface area contributed by atoms with Crippen molar-refractivity contribution >= 4 is 5.91 Å². The Morgan fingerprint density at radius 2 is 1.96 bits per heavy atom. The number of nitrogens with zero attached hydrogens (tertiary/aromatic N) is 3. The summed E-state index contributed by atoms with van der Waals surface area (Å²) in [6.07, 6.45) is 5.15. The minimum Gasteiger partial charge on any atom is -0.455 e. The molecule has 0 N–H and O–H groups in total. The van der Waals surface area contributed by atoms with Crippen LogP contribution >= 0.6 is 0 Å². The van der Waals surface area contributed by atoms with Crippen LogP contribution in [0.15, 0.2) is 67.1 Å². The topological polar surface area (TPSA) is 64.6 Å². The van der Waals surface area contributed by atoms with E-state index >= 15 is 0 Å². The Balaban J connectivity index is 1.66. The summed E-state index contributed by atoms with van der Waals surface area (Å²) in [5.74, 6) is 1.27. The zero-order valence-corrected chi connectivity index (χ0v) is 15.6. The van der Waals surface area contributed by atoms with Crippen LogP contribution in [0.2, 0.25) is 0 Å². The van der Waals surface area contributed by atoms with Gasteiger partial charge in [0.05, 0.1) is 18.3 Å². The smallest absolute Gasteiger partial charge is 0.249 e. The molecule has 6 heteroatoms. The Morgan fingerprint density at radius 3 is 2.79 bits per heavy atom. The second kappa shape index (κ2) is 8.19. The van der Waals surface area contributed by atoms with Crippen molar-refractivity contribution in [1.29, 1.82) is 0 Å². The van der Waals surface area contributed by atoms with Crippen molar-refractivity contribution in [2.45, 2.75) is 19.5 Å². The number of carbonyl (C=O) groups excluding carboxylic acids is 1. The van der Waals surface area contributed by atoms with E-state index in [-0.39, 0.29) is 18.6 Å². The molecule has 3 aromatic rings. The van der Waals surface area contributed by atoms with E-state index in [2.05, 4.69) is 9.97 Å². The summed E-state index contributed by atoms with van der Waals surface area (Å²) in [5, 5.41) is 0. The highest BCUT2D eigenvalue weighted by Gasteiger charge is 2.32. The summed E-state index contributed by atoms with van der Waals surface area (Å²) in [6, 6.07) is 15.2. The molecule has 0 bridgehead atoms. The number of ether oxygens (including phenoxy) is 2. The lowest BCUT2D eigenvalue weighted by Crippen LogP contribution is -2.43. The van der Waals surface area contributed by atoms with E-state index in [4.69, 9.17) is 9.47 Å². The summed E-state index contributed by atoms with van der Waals surface area (Å²) in [6.45, 7) is 2.88. The van der Waals surface area contributed by atoms with Crippen LogP contribution in [0.25, 0.3) is 0 Å². The number of carbonyl (C=O) groups is 1. The fourth-order valence-electron chi connectivity index (χ4n) is 3.27. The number of amides is 1. The van der Waals surface area contributed by atoms with E-state index in [0.29, 0.717) is 24.7 Å². The minimum atomic E-state index is -0.276. The molecule has 1 aliphatic heterocycles. The predicted molar refractivity (Wildman–Crippen MR) is 104 cm³/mol. The first kappa shape index (κ1) is 18.1. The average Bonchev–Trinajstić information content (AvgIpc) is 2.73. The maximum Gasteiger partial charge on any atom is 0.249 e. The van der Waals surface area contributed by atoms with Gasteiger partial charge < -0.3 is 14.4 Å². The van der Waals surface area contributed by atoms with Crippen LogP contribution in [0.4, 0.5) is 0 Å². The van der Waals surface area contributed by atoms with Crippen molar-refractivity contribution in [3.05, 3.63) is 83.9 Å². The first-order valence-corrected chi connectivity index (χ1v) is 9.17. The number of hydrogen-bond acceptors (Lipinski definition) is 5. The maximum atomic E-state index is 12.6. The van der Waals surface area contributed by atoms with Crippen LogP contribution in [0.3, 0.4) is 0 Å². The molecule has 6 nitrogen and oxygen atoms in total. The van der Waals surface area contributed by atoms with Gasteiger partial charge in [0.15, 0.2) is 0 Å². The number of benzene rings is 1. The Hall–Kier alpha value is -3.25. The highest BCUT2D eigenvalue weighted by atomic mass is 16.5. The lowest BCUT2D eigenvalue weighted by atomic mass is 10.0. The van der Waals surface area contributed by atoms with Crippen molar-refractivity contribution < 1.29 is 14.3 Å². The van der Waals surface area contributed by atoms with Crippen LogP contribution in [-0.4, -0.2) is 34.0 Å². The van der Waals surface area contributed by atoms with Gasteiger partial charge in [0.25, 0.3) is 0 Å². The van der Waals surface area contributed by atoms with Crippen LogP contribution < -0.4 is 4.74 Å². The van der Waals surface area contributed by atoms with Gasteiger partial charge in [0, 0.05) is 30.7 Å². The summed E-state index contributed by atoms with van der Waals surface area (Å²) in [5.41, 5.74) is 2.68. The molecule has 2 aromatic heterocycles. The molecule has 28 heavy (non-hydrogen) atoms. The maximum absolute atomic E-state index is 12.6. The molecule has 1 aromatic carbocycles. The summed E-state index contributed by atoms with van der Waals surface area (Å²) in [4.78, 5) is 23.0. The summed E-state index contributed by atoms with van der Waals surface area (Å²) >= 11 is 0. The molecular formula is C22H21N3O3. The molecule has 1 fully saturated rings. The van der Waals surface area contributed by atoms with Gasteiger partial charge in [0.2, 0.25) is 5.91 Å². The molecule has 1 unspecified atom stereocenters. The van der Waals surface area contributed by atoms with Gasteiger partial charge in [-0.1, -0.05) is 30.3 Å². The van der Waals surface area contributed by atoms with E-state index < -0.39 is 0 Å². The molecule has 142 valence electrons. The lowest BCUT2D eigenvalue weighted by molar-refractivity contribution is -0.149. The fourth-order valence-corrected chi connectivity index (χ4v) is 3.27. The van der Waals surface area contributed by atoms with Gasteiger partial charge in [-0.3, -0.25) is 14.8 Å². The van der Waals surface area contributed by atoms with Crippen LogP contribution in [-0.2, 0) is 16.1 Å². The third-order valence-electron chi connectivity index (χ3n) is 4.74. The molecule has 0 aliphatic carbocycles. The van der Waals surface area contributed by atoms with E-state index in [0.717, 1.165) is 16.8 Å². The van der Waals surface area contributed by atoms with E-state index in [1.165, 1.54) is 0 Å². The second-order valence-corrected chi connectivity index (χ2v) is 6.64. The molecule has 0 radical (unpaired) electrons. The van der Waals surface area contributed by atoms with E-state index in [1.54, 1.807) is 18.6 Å². The SMILES string of the molecule is Cc1ncccc1Oc1ccncc1C1COCC(=O)N1Cc1ccccc1. The van der Waals surface area contributed by atoms with Crippen LogP contribution in [0.5, 0.6) is 11.5 Å². The number of aromatic nitrogens is 2. The Morgan fingerprint density at radius 1 is 1.11 bits per heavy atom. The van der Waals surface area contributed by atoms with Gasteiger partial charge in [-0.05, 0) is 30.7 Å². The van der Waals surface area contributed by atoms with Crippen molar-refractivity contribution in [3.8, 4) is 11.5 Å². The molecule has 1 amide bonds. The summed E-state index contributed by atoms with van der Waals surface area (Å²) < 4.78 is 11.7. The van der Waals surface area contributed by atoms with E-state index in [1.807, 2.05) is 60.4 Å². The highest BCUT2D eigenvalue weighted by Crippen LogP contribution is 2.35. The average molecular weight is 375 g/mol. The van der Waals surface area contributed by atoms with Crippen molar-refractivity contribution in [2.75, 3.05) is 13.2 Å². The molecule has 0 spiro atoms. The molecule has 1 saturated heterocycles. The number of pyridine rings is 2. The number of hydrogen-bond donors (Lipinski definition) is 0. The van der Waals surface area contributed by atoms with Crippen molar-refractivity contribution in [1.82, 2.24) is 14.9 Å². The standard InChI is InChI=1S/C22H21N3O3/c1-16-20(8-5-10-24-16)28-21-9-11-23-12-18(21)19-14-27-15-22(26)25(19)13-17-6-3-2-4-7-17/h2-12,19H,13-15H2,1H3. The fraction of sp³-hybridized carbons (Fsp3) is 0.227. The van der Waals surface area contributed by atoms with Gasteiger partial charge >= 0.3 is 0 Å². The zero-order valence-electron chi connectivity index (χ0n) is 15.6. The first-order chi connectivity index (χ1) is 13.7. The number of morpholine rings is 1. The monoisotopic (exact) mass is 375 g/mol. The minimum absolute atomic E-state index is 0.0486. The molecule has 0 saturated carbocycles. The Labute approximate surface area is 163 Å². The zero-order chi connectivity index (χ0) is 19.3.